The van der Waals surface area contributed by atoms with E-state index in [-0.39, 0.29) is 6.09 Å². The maximum atomic E-state index is 11.5. The monoisotopic (exact) mass is 327 g/mol. The quantitative estimate of drug-likeness (QED) is 0.782. The van der Waals surface area contributed by atoms with E-state index in [0.29, 0.717) is 11.6 Å². The molecule has 0 fully saturated rings. The third-order valence-electron chi connectivity index (χ3n) is 2.78. The summed E-state index contributed by atoms with van der Waals surface area (Å²) in [5, 5.41) is 6.77. The zero-order chi connectivity index (χ0) is 16.8. The number of hydrogen-bond donors (Lipinski definition) is 2. The first-order chi connectivity index (χ1) is 10.2. The first kappa shape index (κ1) is 18.4. The highest BCUT2D eigenvalue weighted by Crippen LogP contribution is 2.27. The van der Waals surface area contributed by atoms with Crippen molar-refractivity contribution in [3.8, 4) is 0 Å². The minimum Gasteiger partial charge on any atom is -0.444 e. The minimum atomic E-state index is -0.469. The number of carbonyl (C=O) groups excluding carboxylic acids is 1. The van der Waals surface area contributed by atoms with Gasteiger partial charge in [0.2, 0.25) is 0 Å². The van der Waals surface area contributed by atoms with Gasteiger partial charge in [-0.25, -0.2) is 4.79 Å². The molecule has 1 aromatic rings. The number of alkyl carbamates (subject to hydrolysis) is 1. The van der Waals surface area contributed by atoms with Gasteiger partial charge in [-0.1, -0.05) is 11.6 Å². The van der Waals surface area contributed by atoms with Crippen LogP contribution in [0.1, 0.15) is 27.2 Å². The lowest BCUT2D eigenvalue weighted by atomic mass is 10.2. The normalized spacial score (nSPS) is 11.0. The highest BCUT2D eigenvalue weighted by Gasteiger charge is 2.15. The Balaban J connectivity index is 2.36. The SMILES string of the molecule is CN(C)c1ccc(Cl)cc1NCCCNC(=O)OC(C)(C)C. The molecule has 0 atom stereocenters. The van der Waals surface area contributed by atoms with Gasteiger partial charge >= 0.3 is 6.09 Å². The van der Waals surface area contributed by atoms with Gasteiger partial charge in [0.25, 0.3) is 0 Å². The van der Waals surface area contributed by atoms with Crippen molar-refractivity contribution in [2.45, 2.75) is 32.8 Å². The summed E-state index contributed by atoms with van der Waals surface area (Å²) >= 11 is 6.03. The van der Waals surface area contributed by atoms with Gasteiger partial charge in [-0.05, 0) is 45.4 Å². The molecule has 2 N–H and O–H groups in total. The van der Waals surface area contributed by atoms with Crippen LogP contribution < -0.4 is 15.5 Å². The number of anilines is 2. The Labute approximate surface area is 138 Å². The lowest BCUT2D eigenvalue weighted by Gasteiger charge is -2.20. The largest absolute Gasteiger partial charge is 0.444 e. The van der Waals surface area contributed by atoms with Gasteiger partial charge in [-0.3, -0.25) is 0 Å². The molecule has 22 heavy (non-hydrogen) atoms. The number of amides is 1. The van der Waals surface area contributed by atoms with Crippen LogP contribution in [-0.4, -0.2) is 38.9 Å². The molecule has 1 rings (SSSR count). The van der Waals surface area contributed by atoms with Crippen LogP contribution in [0.5, 0.6) is 0 Å². The van der Waals surface area contributed by atoms with Crippen LogP contribution in [-0.2, 0) is 4.74 Å². The lowest BCUT2D eigenvalue weighted by Crippen LogP contribution is -2.33. The molecule has 124 valence electrons. The maximum absolute atomic E-state index is 11.5. The Hall–Kier alpha value is -1.62. The molecule has 0 aliphatic heterocycles. The summed E-state index contributed by atoms with van der Waals surface area (Å²) in [4.78, 5) is 13.5. The van der Waals surface area contributed by atoms with Crippen molar-refractivity contribution in [2.75, 3.05) is 37.4 Å². The highest BCUT2D eigenvalue weighted by molar-refractivity contribution is 6.31. The van der Waals surface area contributed by atoms with Gasteiger partial charge in [-0.15, -0.1) is 0 Å². The molecule has 0 unspecified atom stereocenters. The fourth-order valence-corrected chi connectivity index (χ4v) is 2.03. The first-order valence-corrected chi connectivity index (χ1v) is 7.74. The number of hydrogen-bond acceptors (Lipinski definition) is 4. The van der Waals surface area contributed by atoms with Crippen LogP contribution in [0.3, 0.4) is 0 Å². The van der Waals surface area contributed by atoms with E-state index in [1.807, 2.05) is 58.0 Å². The number of rotatable bonds is 6. The maximum Gasteiger partial charge on any atom is 0.407 e. The summed E-state index contributed by atoms with van der Waals surface area (Å²) in [6.07, 6.45) is 0.405. The van der Waals surface area contributed by atoms with E-state index in [0.717, 1.165) is 24.3 Å². The summed E-state index contributed by atoms with van der Waals surface area (Å²) in [7, 11) is 3.97. The van der Waals surface area contributed by atoms with Gasteiger partial charge in [0.15, 0.2) is 0 Å². The zero-order valence-electron chi connectivity index (χ0n) is 14.0. The van der Waals surface area contributed by atoms with Crippen molar-refractivity contribution in [1.82, 2.24) is 5.32 Å². The van der Waals surface area contributed by atoms with E-state index in [4.69, 9.17) is 16.3 Å². The van der Waals surface area contributed by atoms with E-state index in [1.54, 1.807) is 0 Å². The van der Waals surface area contributed by atoms with Gasteiger partial charge in [0.1, 0.15) is 5.60 Å². The minimum absolute atomic E-state index is 0.385. The van der Waals surface area contributed by atoms with Crippen molar-refractivity contribution < 1.29 is 9.53 Å². The van der Waals surface area contributed by atoms with Crippen molar-refractivity contribution in [3.05, 3.63) is 23.2 Å². The second kappa shape index (κ2) is 8.13. The van der Waals surface area contributed by atoms with Crippen LogP contribution in [0.25, 0.3) is 0 Å². The standard InChI is InChI=1S/C16H26ClN3O2/c1-16(2,3)22-15(21)19-10-6-9-18-13-11-12(17)7-8-14(13)20(4)5/h7-8,11,18H,6,9-10H2,1-5H3,(H,19,21). The highest BCUT2D eigenvalue weighted by atomic mass is 35.5. The number of benzene rings is 1. The van der Waals surface area contributed by atoms with Gasteiger partial charge < -0.3 is 20.3 Å². The molecule has 0 aliphatic rings. The summed E-state index contributed by atoms with van der Waals surface area (Å²) < 4.78 is 5.17. The van der Waals surface area contributed by atoms with E-state index in [9.17, 15) is 4.79 Å². The van der Waals surface area contributed by atoms with E-state index < -0.39 is 5.60 Å². The summed E-state index contributed by atoms with van der Waals surface area (Å²) in [5.41, 5.74) is 1.59. The topological polar surface area (TPSA) is 53.6 Å². The zero-order valence-corrected chi connectivity index (χ0v) is 14.8. The van der Waals surface area contributed by atoms with Crippen molar-refractivity contribution in [3.63, 3.8) is 0 Å². The Morgan fingerprint density at radius 1 is 1.27 bits per heavy atom. The number of halogens is 1. The molecule has 0 bridgehead atoms. The third kappa shape index (κ3) is 6.89. The van der Waals surface area contributed by atoms with Gasteiger partial charge in [0.05, 0.1) is 11.4 Å². The summed E-state index contributed by atoms with van der Waals surface area (Å²) in [6.45, 7) is 6.82. The molecule has 0 saturated heterocycles. The van der Waals surface area contributed by atoms with Crippen molar-refractivity contribution >= 4 is 29.1 Å². The number of ether oxygens (including phenoxy) is 1. The van der Waals surface area contributed by atoms with Gasteiger partial charge in [0, 0.05) is 32.2 Å². The lowest BCUT2D eigenvalue weighted by molar-refractivity contribution is 0.0528. The molecule has 0 aromatic heterocycles. The Bertz CT molecular complexity index is 499. The first-order valence-electron chi connectivity index (χ1n) is 7.36. The molecule has 0 heterocycles. The molecular formula is C16H26ClN3O2. The third-order valence-corrected chi connectivity index (χ3v) is 3.01. The fraction of sp³-hybridized carbons (Fsp3) is 0.562. The summed E-state index contributed by atoms with van der Waals surface area (Å²) in [6, 6.07) is 5.74. The Morgan fingerprint density at radius 2 is 1.95 bits per heavy atom. The molecule has 1 aromatic carbocycles. The van der Waals surface area contributed by atoms with Gasteiger partial charge in [-0.2, -0.15) is 0 Å². The van der Waals surface area contributed by atoms with Crippen LogP contribution in [0, 0.1) is 0 Å². The van der Waals surface area contributed by atoms with Crippen molar-refractivity contribution in [1.29, 1.82) is 0 Å². The second-order valence-electron chi connectivity index (χ2n) is 6.26. The van der Waals surface area contributed by atoms with E-state index in [2.05, 4.69) is 10.6 Å². The fourth-order valence-electron chi connectivity index (χ4n) is 1.86. The number of nitrogens with one attached hydrogen (secondary N) is 2. The molecule has 5 nitrogen and oxygen atoms in total. The van der Waals surface area contributed by atoms with E-state index >= 15 is 0 Å². The number of nitrogens with zero attached hydrogens (tertiary/aromatic N) is 1. The molecular weight excluding hydrogens is 302 g/mol. The average Bonchev–Trinajstić information content (AvgIpc) is 2.35. The molecule has 0 aliphatic carbocycles. The van der Waals surface area contributed by atoms with Crippen molar-refractivity contribution in [2.24, 2.45) is 0 Å². The molecule has 0 radical (unpaired) electrons. The number of carbonyl (C=O) groups is 1. The van der Waals surface area contributed by atoms with Crippen LogP contribution >= 0.6 is 11.6 Å². The average molecular weight is 328 g/mol. The van der Waals surface area contributed by atoms with E-state index in [1.165, 1.54) is 0 Å². The summed E-state index contributed by atoms with van der Waals surface area (Å²) in [5.74, 6) is 0. The second-order valence-corrected chi connectivity index (χ2v) is 6.70. The molecule has 0 saturated carbocycles. The molecule has 1 amide bonds. The van der Waals surface area contributed by atoms with Crippen LogP contribution in [0.15, 0.2) is 18.2 Å². The smallest absolute Gasteiger partial charge is 0.407 e. The Kier molecular flexibility index (Phi) is 6.81. The predicted molar refractivity (Wildman–Crippen MR) is 93.1 cm³/mol. The predicted octanol–water partition coefficient (Wildman–Crippen LogP) is 3.73. The Morgan fingerprint density at radius 3 is 2.55 bits per heavy atom. The molecule has 6 heteroatoms. The van der Waals surface area contributed by atoms with Crippen LogP contribution in [0.2, 0.25) is 5.02 Å². The molecule has 0 spiro atoms. The van der Waals surface area contributed by atoms with Crippen LogP contribution in [0.4, 0.5) is 16.2 Å².